The first kappa shape index (κ1) is 14.8. The van der Waals surface area contributed by atoms with Gasteiger partial charge in [-0.2, -0.15) is 13.2 Å². The maximum absolute atomic E-state index is 12.8. The van der Waals surface area contributed by atoms with Crippen LogP contribution in [0.4, 0.5) is 18.9 Å². The number of nitrogen functional groups attached to an aromatic ring is 1. The number of benzene rings is 1. The summed E-state index contributed by atoms with van der Waals surface area (Å²) in [5.74, 6) is 0.382. The Morgan fingerprint density at radius 2 is 1.90 bits per heavy atom. The molecule has 0 atom stereocenters. The molecule has 1 aromatic carbocycles. The normalized spacial score (nSPS) is 17.2. The van der Waals surface area contributed by atoms with Crippen molar-refractivity contribution in [3.63, 3.8) is 0 Å². The molecule has 1 aliphatic heterocycles. The van der Waals surface area contributed by atoms with Crippen LogP contribution in [0.15, 0.2) is 18.2 Å². The highest BCUT2D eigenvalue weighted by Crippen LogP contribution is 2.34. The molecule has 3 N–H and O–H groups in total. The number of halogens is 3. The van der Waals surface area contributed by atoms with E-state index in [0.29, 0.717) is 30.3 Å². The molecule has 1 saturated heterocycles. The quantitative estimate of drug-likeness (QED) is 0.643. The van der Waals surface area contributed by atoms with Gasteiger partial charge in [-0.25, -0.2) is 0 Å². The third-order valence-corrected chi connectivity index (χ3v) is 4.42. The number of alkyl halides is 3. The van der Waals surface area contributed by atoms with Crippen molar-refractivity contribution in [2.45, 2.75) is 6.18 Å². The Labute approximate surface area is 116 Å². The standard InChI is InChI=1S/C12H14F3N3OS/c13-12(14,15)10-2-1-8(7-9(10)11(16)17)18-3-5-20(19)6-4-18/h1-2,7H,3-6H2,(H3,16,17). The van der Waals surface area contributed by atoms with E-state index in [1.165, 1.54) is 12.1 Å². The summed E-state index contributed by atoms with van der Waals surface area (Å²) in [5.41, 5.74) is 4.59. The van der Waals surface area contributed by atoms with Gasteiger partial charge in [-0.15, -0.1) is 0 Å². The van der Waals surface area contributed by atoms with Crippen LogP contribution >= 0.6 is 0 Å². The Morgan fingerprint density at radius 1 is 1.30 bits per heavy atom. The highest BCUT2D eigenvalue weighted by molar-refractivity contribution is 7.85. The number of nitrogens with zero attached hydrogens (tertiary/aromatic N) is 1. The van der Waals surface area contributed by atoms with Gasteiger partial charge >= 0.3 is 6.18 Å². The maximum atomic E-state index is 12.8. The second-order valence-corrected chi connectivity index (χ2v) is 6.17. The molecule has 2 rings (SSSR count). The molecule has 0 radical (unpaired) electrons. The molecule has 0 aromatic heterocycles. The van der Waals surface area contributed by atoms with E-state index < -0.39 is 28.4 Å². The molecule has 20 heavy (non-hydrogen) atoms. The maximum Gasteiger partial charge on any atom is 0.417 e. The highest BCUT2D eigenvalue weighted by atomic mass is 32.2. The van der Waals surface area contributed by atoms with Gasteiger partial charge in [0.25, 0.3) is 0 Å². The number of anilines is 1. The molecule has 0 unspecified atom stereocenters. The number of rotatable bonds is 2. The van der Waals surface area contributed by atoms with E-state index in [1.807, 2.05) is 4.90 Å². The van der Waals surface area contributed by atoms with E-state index in [1.54, 1.807) is 0 Å². The predicted octanol–water partition coefficient (Wildman–Crippen LogP) is 1.56. The van der Waals surface area contributed by atoms with Crippen LogP contribution < -0.4 is 10.6 Å². The second-order valence-electron chi connectivity index (χ2n) is 4.48. The van der Waals surface area contributed by atoms with Gasteiger partial charge in [-0.05, 0) is 18.2 Å². The fourth-order valence-electron chi connectivity index (χ4n) is 2.10. The Balaban J connectivity index is 2.35. The van der Waals surface area contributed by atoms with Crippen LogP contribution in [-0.4, -0.2) is 34.6 Å². The molecule has 0 aliphatic carbocycles. The summed E-state index contributed by atoms with van der Waals surface area (Å²) in [6, 6.07) is 3.58. The number of hydrogen-bond donors (Lipinski definition) is 2. The largest absolute Gasteiger partial charge is 0.417 e. The van der Waals surface area contributed by atoms with Crippen molar-refractivity contribution in [2.75, 3.05) is 29.5 Å². The van der Waals surface area contributed by atoms with Gasteiger partial charge in [0.15, 0.2) is 0 Å². The van der Waals surface area contributed by atoms with Crippen LogP contribution in [-0.2, 0) is 17.0 Å². The van der Waals surface area contributed by atoms with Crippen molar-refractivity contribution in [1.29, 1.82) is 5.41 Å². The molecule has 1 heterocycles. The van der Waals surface area contributed by atoms with Crippen molar-refractivity contribution in [2.24, 2.45) is 5.73 Å². The summed E-state index contributed by atoms with van der Waals surface area (Å²) in [7, 11) is -0.856. The number of nitrogens with two attached hydrogens (primary N) is 1. The summed E-state index contributed by atoms with van der Waals surface area (Å²) in [5, 5.41) is 7.31. The van der Waals surface area contributed by atoms with Crippen LogP contribution in [0.5, 0.6) is 0 Å². The smallest absolute Gasteiger partial charge is 0.384 e. The van der Waals surface area contributed by atoms with Crippen LogP contribution in [0.2, 0.25) is 0 Å². The lowest BCUT2D eigenvalue weighted by Crippen LogP contribution is -2.38. The Morgan fingerprint density at radius 3 is 2.40 bits per heavy atom. The topological polar surface area (TPSA) is 70.2 Å². The zero-order valence-electron chi connectivity index (χ0n) is 10.5. The second kappa shape index (κ2) is 5.43. The van der Waals surface area contributed by atoms with Crippen LogP contribution in [0.1, 0.15) is 11.1 Å². The number of nitrogens with one attached hydrogen (secondary N) is 1. The van der Waals surface area contributed by atoms with Gasteiger partial charge < -0.3 is 10.6 Å². The Kier molecular flexibility index (Phi) is 4.03. The van der Waals surface area contributed by atoms with Gasteiger partial charge in [-0.1, -0.05) is 0 Å². The lowest BCUT2D eigenvalue weighted by molar-refractivity contribution is -0.137. The molecule has 0 spiro atoms. The fourth-order valence-corrected chi connectivity index (χ4v) is 3.15. The van der Waals surface area contributed by atoms with Gasteiger partial charge in [0.05, 0.1) is 5.56 Å². The lowest BCUT2D eigenvalue weighted by atomic mass is 10.0. The predicted molar refractivity (Wildman–Crippen MR) is 72.5 cm³/mol. The summed E-state index contributed by atoms with van der Waals surface area (Å²) < 4.78 is 49.8. The molecule has 110 valence electrons. The first-order valence-electron chi connectivity index (χ1n) is 5.94. The molecular formula is C12H14F3N3OS. The minimum Gasteiger partial charge on any atom is -0.384 e. The molecular weight excluding hydrogens is 291 g/mol. The van der Waals surface area contributed by atoms with E-state index in [-0.39, 0.29) is 5.56 Å². The van der Waals surface area contributed by atoms with E-state index in [2.05, 4.69) is 0 Å². The average Bonchev–Trinajstić information content (AvgIpc) is 2.37. The molecule has 1 aromatic rings. The lowest BCUT2D eigenvalue weighted by Gasteiger charge is -2.29. The molecule has 0 bridgehead atoms. The highest BCUT2D eigenvalue weighted by Gasteiger charge is 2.34. The van der Waals surface area contributed by atoms with Crippen molar-refractivity contribution in [3.8, 4) is 0 Å². The SMILES string of the molecule is N=C(N)c1cc(N2CCS(=O)CC2)ccc1C(F)(F)F. The number of amidine groups is 1. The monoisotopic (exact) mass is 305 g/mol. The molecule has 0 amide bonds. The van der Waals surface area contributed by atoms with E-state index in [0.717, 1.165) is 6.07 Å². The summed E-state index contributed by atoms with van der Waals surface area (Å²) in [6.07, 6.45) is -4.54. The Bertz CT molecular complexity index is 549. The van der Waals surface area contributed by atoms with Crippen LogP contribution in [0, 0.1) is 5.41 Å². The van der Waals surface area contributed by atoms with E-state index >= 15 is 0 Å². The molecule has 0 saturated carbocycles. The number of hydrogen-bond acceptors (Lipinski definition) is 3. The summed E-state index contributed by atoms with van der Waals surface area (Å²) >= 11 is 0. The zero-order valence-corrected chi connectivity index (χ0v) is 11.4. The molecule has 1 aliphatic rings. The van der Waals surface area contributed by atoms with Crippen LogP contribution in [0.3, 0.4) is 0 Å². The van der Waals surface area contributed by atoms with Gasteiger partial charge in [0.2, 0.25) is 0 Å². The average molecular weight is 305 g/mol. The minimum absolute atomic E-state index is 0.318. The van der Waals surface area contributed by atoms with E-state index in [9.17, 15) is 17.4 Å². The fraction of sp³-hybridized carbons (Fsp3) is 0.417. The van der Waals surface area contributed by atoms with Crippen molar-refractivity contribution < 1.29 is 17.4 Å². The summed E-state index contributed by atoms with van der Waals surface area (Å²) in [6.45, 7) is 1.05. The minimum atomic E-state index is -4.54. The van der Waals surface area contributed by atoms with Crippen molar-refractivity contribution in [1.82, 2.24) is 0 Å². The molecule has 4 nitrogen and oxygen atoms in total. The van der Waals surface area contributed by atoms with Crippen molar-refractivity contribution in [3.05, 3.63) is 29.3 Å². The van der Waals surface area contributed by atoms with Crippen molar-refractivity contribution >= 4 is 22.3 Å². The molecule has 8 heteroatoms. The first-order valence-corrected chi connectivity index (χ1v) is 7.43. The zero-order chi connectivity index (χ0) is 14.9. The third-order valence-electron chi connectivity index (χ3n) is 3.14. The van der Waals surface area contributed by atoms with Gasteiger partial charge in [-0.3, -0.25) is 9.62 Å². The molecule has 1 fully saturated rings. The Hall–Kier alpha value is -1.57. The third kappa shape index (κ3) is 3.12. The van der Waals surface area contributed by atoms with Gasteiger partial charge in [0.1, 0.15) is 5.84 Å². The first-order chi connectivity index (χ1) is 9.29. The van der Waals surface area contributed by atoms with Crippen LogP contribution in [0.25, 0.3) is 0 Å². The van der Waals surface area contributed by atoms with E-state index in [4.69, 9.17) is 11.1 Å². The summed E-state index contributed by atoms with van der Waals surface area (Å²) in [4.78, 5) is 1.86. The van der Waals surface area contributed by atoms with Gasteiger partial charge in [0, 0.05) is 46.6 Å².